The van der Waals surface area contributed by atoms with Crippen molar-refractivity contribution in [2.45, 2.75) is 31.7 Å². The molecule has 0 aromatic heterocycles. The lowest BCUT2D eigenvalue weighted by molar-refractivity contribution is -0.143. The molecule has 5 N–H and O–H groups in total. The van der Waals surface area contributed by atoms with Gasteiger partial charge < -0.3 is 21.5 Å². The Labute approximate surface area is 105 Å². The first-order valence-corrected chi connectivity index (χ1v) is 6.00. The molecule has 7 heteroatoms. The average Bonchev–Trinajstić information content (AvgIpc) is 2.77. The van der Waals surface area contributed by atoms with Crippen LogP contribution in [0.25, 0.3) is 0 Å². The van der Waals surface area contributed by atoms with Crippen molar-refractivity contribution in [2.75, 3.05) is 13.1 Å². The third-order valence-corrected chi connectivity index (χ3v) is 2.98. The summed E-state index contributed by atoms with van der Waals surface area (Å²) in [5.41, 5.74) is 4.92. The molecule has 7 nitrogen and oxygen atoms in total. The molecule has 0 saturated carbocycles. The fourth-order valence-corrected chi connectivity index (χ4v) is 1.96. The minimum absolute atomic E-state index is 0.273. The van der Waals surface area contributed by atoms with Gasteiger partial charge in [0.1, 0.15) is 6.04 Å². The topological polar surface area (TPSA) is 122 Å². The van der Waals surface area contributed by atoms with Crippen LogP contribution in [-0.4, -0.2) is 42.0 Å². The zero-order chi connectivity index (χ0) is 13.5. The number of carbonyl (C=O) groups is 3. The molecule has 0 spiro atoms. The van der Waals surface area contributed by atoms with Gasteiger partial charge in [-0.05, 0) is 31.8 Å². The molecule has 2 atom stereocenters. The summed E-state index contributed by atoms with van der Waals surface area (Å²) < 4.78 is 0. The van der Waals surface area contributed by atoms with Gasteiger partial charge in [0.15, 0.2) is 0 Å². The van der Waals surface area contributed by atoms with Gasteiger partial charge in [0.2, 0.25) is 11.8 Å². The quantitative estimate of drug-likeness (QED) is 0.457. The highest BCUT2D eigenvalue weighted by molar-refractivity contribution is 5.88. The Morgan fingerprint density at radius 1 is 1.44 bits per heavy atom. The molecular weight excluding hydrogens is 238 g/mol. The van der Waals surface area contributed by atoms with Crippen molar-refractivity contribution in [1.29, 1.82) is 0 Å². The monoisotopic (exact) mass is 257 g/mol. The van der Waals surface area contributed by atoms with E-state index in [1.807, 2.05) is 0 Å². The molecule has 102 valence electrons. The predicted octanol–water partition coefficient (Wildman–Crippen LogP) is -1.18. The Bertz CT molecular complexity index is 326. The number of primary amides is 1. The van der Waals surface area contributed by atoms with E-state index in [9.17, 15) is 14.4 Å². The van der Waals surface area contributed by atoms with Crippen LogP contribution in [0.4, 0.5) is 0 Å². The van der Waals surface area contributed by atoms with Gasteiger partial charge in [-0.1, -0.05) is 0 Å². The van der Waals surface area contributed by atoms with E-state index in [1.54, 1.807) is 0 Å². The summed E-state index contributed by atoms with van der Waals surface area (Å²) in [6.45, 7) is 1.86. The minimum Gasteiger partial charge on any atom is -0.480 e. The first kappa shape index (κ1) is 14.4. The number of nitrogens with one attached hydrogen (secondary N) is 2. The second-order valence-corrected chi connectivity index (χ2v) is 4.53. The molecule has 18 heavy (non-hydrogen) atoms. The fourth-order valence-electron chi connectivity index (χ4n) is 1.96. The molecule has 1 aliphatic heterocycles. The van der Waals surface area contributed by atoms with Crippen molar-refractivity contribution >= 4 is 17.8 Å². The SMILES string of the molecule is NC(=O)CC(NC(=O)CCC1CCNC1)C(=O)O. The summed E-state index contributed by atoms with van der Waals surface area (Å²) in [4.78, 5) is 33.0. The maximum Gasteiger partial charge on any atom is 0.326 e. The number of carboxylic acids is 1. The van der Waals surface area contributed by atoms with E-state index in [4.69, 9.17) is 10.8 Å². The van der Waals surface area contributed by atoms with Gasteiger partial charge in [-0.15, -0.1) is 0 Å². The Hall–Kier alpha value is -1.63. The second kappa shape index (κ2) is 6.95. The Morgan fingerprint density at radius 2 is 2.17 bits per heavy atom. The third-order valence-electron chi connectivity index (χ3n) is 2.98. The van der Waals surface area contributed by atoms with Gasteiger partial charge in [0.05, 0.1) is 6.42 Å². The number of hydrogen-bond acceptors (Lipinski definition) is 4. The fraction of sp³-hybridized carbons (Fsp3) is 0.727. The Balaban J connectivity index is 2.31. The summed E-state index contributed by atoms with van der Waals surface area (Å²) >= 11 is 0. The number of rotatable bonds is 7. The molecule has 1 heterocycles. The van der Waals surface area contributed by atoms with Gasteiger partial charge in [-0.25, -0.2) is 4.79 Å². The normalized spacial score (nSPS) is 20.3. The molecule has 2 unspecified atom stereocenters. The van der Waals surface area contributed by atoms with Crippen molar-refractivity contribution in [3.63, 3.8) is 0 Å². The summed E-state index contributed by atoms with van der Waals surface area (Å²) in [6, 6.07) is -1.23. The van der Waals surface area contributed by atoms with Crippen LogP contribution in [0.5, 0.6) is 0 Å². The lowest BCUT2D eigenvalue weighted by Crippen LogP contribution is -2.43. The van der Waals surface area contributed by atoms with Gasteiger partial charge in [-0.2, -0.15) is 0 Å². The van der Waals surface area contributed by atoms with Crippen molar-refractivity contribution < 1.29 is 19.5 Å². The van der Waals surface area contributed by atoms with Crippen LogP contribution in [0, 0.1) is 5.92 Å². The first-order chi connectivity index (χ1) is 8.49. The first-order valence-electron chi connectivity index (χ1n) is 6.00. The van der Waals surface area contributed by atoms with Crippen LogP contribution >= 0.6 is 0 Å². The van der Waals surface area contributed by atoms with Crippen LogP contribution in [0.2, 0.25) is 0 Å². The van der Waals surface area contributed by atoms with E-state index in [-0.39, 0.29) is 18.7 Å². The molecule has 1 saturated heterocycles. The minimum atomic E-state index is -1.25. The number of aliphatic carboxylic acids is 1. The van der Waals surface area contributed by atoms with Crippen molar-refractivity contribution in [1.82, 2.24) is 10.6 Å². The van der Waals surface area contributed by atoms with Crippen LogP contribution < -0.4 is 16.4 Å². The van der Waals surface area contributed by atoms with Crippen molar-refractivity contribution in [3.8, 4) is 0 Å². The number of amides is 2. The van der Waals surface area contributed by atoms with Crippen molar-refractivity contribution in [3.05, 3.63) is 0 Å². The third kappa shape index (κ3) is 5.13. The average molecular weight is 257 g/mol. The lowest BCUT2D eigenvalue weighted by atomic mass is 10.0. The lowest BCUT2D eigenvalue weighted by Gasteiger charge is -2.13. The molecule has 2 amide bonds. The number of carbonyl (C=O) groups excluding carboxylic acids is 2. The van der Waals surface area contributed by atoms with E-state index in [0.29, 0.717) is 5.92 Å². The Morgan fingerprint density at radius 3 is 2.67 bits per heavy atom. The van der Waals surface area contributed by atoms with Gasteiger partial charge in [0.25, 0.3) is 0 Å². The van der Waals surface area contributed by atoms with E-state index in [0.717, 1.165) is 25.9 Å². The molecule has 1 aliphatic rings. The van der Waals surface area contributed by atoms with Crippen LogP contribution in [0.1, 0.15) is 25.7 Å². The second-order valence-electron chi connectivity index (χ2n) is 4.53. The maximum absolute atomic E-state index is 11.5. The molecule has 1 rings (SSSR count). The Kier molecular flexibility index (Phi) is 5.57. The van der Waals surface area contributed by atoms with Gasteiger partial charge >= 0.3 is 5.97 Å². The molecule has 0 bridgehead atoms. The summed E-state index contributed by atoms with van der Waals surface area (Å²) in [5, 5.41) is 14.3. The van der Waals surface area contributed by atoms with E-state index < -0.39 is 17.9 Å². The molecular formula is C11H19N3O4. The van der Waals surface area contributed by atoms with Crippen molar-refractivity contribution in [2.24, 2.45) is 11.7 Å². The zero-order valence-electron chi connectivity index (χ0n) is 10.1. The highest BCUT2D eigenvalue weighted by Gasteiger charge is 2.23. The van der Waals surface area contributed by atoms with Gasteiger partial charge in [-0.3, -0.25) is 9.59 Å². The summed E-state index contributed by atoms with van der Waals surface area (Å²) in [6.07, 6.45) is 1.65. The predicted molar refractivity (Wildman–Crippen MR) is 63.6 cm³/mol. The molecule has 0 aromatic rings. The zero-order valence-corrected chi connectivity index (χ0v) is 10.1. The molecule has 0 radical (unpaired) electrons. The summed E-state index contributed by atoms with van der Waals surface area (Å²) in [5.74, 6) is -1.88. The smallest absolute Gasteiger partial charge is 0.326 e. The highest BCUT2D eigenvalue weighted by Crippen LogP contribution is 2.14. The number of carboxylic acid groups (broad SMARTS) is 1. The van der Waals surface area contributed by atoms with Crippen LogP contribution in [0.3, 0.4) is 0 Å². The van der Waals surface area contributed by atoms with E-state index in [1.165, 1.54) is 0 Å². The molecule has 0 aromatic carbocycles. The standard InChI is InChI=1S/C11H19N3O4/c12-9(15)5-8(11(17)18)14-10(16)2-1-7-3-4-13-6-7/h7-8,13H,1-6H2,(H2,12,15)(H,14,16)(H,17,18). The van der Waals surface area contributed by atoms with E-state index >= 15 is 0 Å². The molecule has 0 aliphatic carbocycles. The van der Waals surface area contributed by atoms with Gasteiger partial charge in [0, 0.05) is 6.42 Å². The van der Waals surface area contributed by atoms with E-state index in [2.05, 4.69) is 10.6 Å². The maximum atomic E-state index is 11.5. The van der Waals surface area contributed by atoms with Crippen LogP contribution in [-0.2, 0) is 14.4 Å². The molecule has 1 fully saturated rings. The number of hydrogen-bond donors (Lipinski definition) is 4. The largest absolute Gasteiger partial charge is 0.480 e. The highest BCUT2D eigenvalue weighted by atomic mass is 16.4. The number of nitrogens with two attached hydrogens (primary N) is 1. The van der Waals surface area contributed by atoms with Crippen LogP contribution in [0.15, 0.2) is 0 Å². The summed E-state index contributed by atoms with van der Waals surface area (Å²) in [7, 11) is 0.